The first kappa shape index (κ1) is 75.9. The first-order valence-electron chi connectivity index (χ1n) is 32.9. The fraction of sp³-hybridized carbons (Fsp3) is 0.647. The second kappa shape index (κ2) is 38.5. The average molecular weight is 1360 g/mol. The van der Waals surface area contributed by atoms with Crippen molar-refractivity contribution in [2.75, 3.05) is 177 Å². The van der Waals surface area contributed by atoms with Crippen LogP contribution in [0.5, 0.6) is 11.5 Å². The molecule has 96 heavy (non-hydrogen) atoms. The summed E-state index contributed by atoms with van der Waals surface area (Å²) in [6.07, 6.45) is 1.30. The van der Waals surface area contributed by atoms with Crippen molar-refractivity contribution in [3.8, 4) is 11.5 Å². The van der Waals surface area contributed by atoms with Gasteiger partial charge in [-0.2, -0.15) is 0 Å². The lowest BCUT2D eigenvalue weighted by molar-refractivity contribution is -0.235. The van der Waals surface area contributed by atoms with Crippen molar-refractivity contribution < 1.29 is 119 Å². The number of alkyl halides is 2. The highest BCUT2D eigenvalue weighted by atomic mass is 19.1. The SMILES string of the molecule is C[C@]12C=CC(=O)C=C1[C@@H](F)C[C@H]1[C@@H]3C[C@H]4O[C@@H](c5ccc(Oc6ccc(NC(=O)CCOCCOCCOCCCOCCOCCOCOCCOCCOCCOCCOCCOCCNC(=O)CCN7C(=O)C=CC7=O)cc6)cc5)O[C@@]4(C(=O)CO)[C@@]3(C)C[C@H](O)[C@@]12F. The van der Waals surface area contributed by atoms with Crippen molar-refractivity contribution in [3.63, 3.8) is 0 Å². The molecule has 532 valence electrons. The van der Waals surface area contributed by atoms with E-state index in [0.717, 1.165) is 17.4 Å². The summed E-state index contributed by atoms with van der Waals surface area (Å²) in [7, 11) is 0. The molecule has 0 bridgehead atoms. The van der Waals surface area contributed by atoms with E-state index >= 15 is 8.78 Å². The molecule has 4 fully saturated rings. The van der Waals surface area contributed by atoms with E-state index in [1.165, 1.54) is 31.2 Å². The Balaban J connectivity index is 0.543. The van der Waals surface area contributed by atoms with Crippen molar-refractivity contribution in [3.05, 3.63) is 90.0 Å². The Kier molecular flexibility index (Phi) is 30.4. The van der Waals surface area contributed by atoms with Gasteiger partial charge >= 0.3 is 0 Å². The van der Waals surface area contributed by atoms with Gasteiger partial charge in [0.05, 0.1) is 151 Å². The maximum absolute atomic E-state index is 17.8. The maximum Gasteiger partial charge on any atom is 0.253 e. The van der Waals surface area contributed by atoms with Crippen LogP contribution >= 0.6 is 0 Å². The highest BCUT2D eigenvalue weighted by Gasteiger charge is 2.80. The molecule has 4 aliphatic carbocycles. The molecule has 4 amide bonds. The number of amides is 4. The Morgan fingerprint density at radius 3 is 1.66 bits per heavy atom. The van der Waals surface area contributed by atoms with Gasteiger partial charge in [-0.1, -0.05) is 25.1 Å². The van der Waals surface area contributed by atoms with E-state index in [0.29, 0.717) is 168 Å². The molecule has 26 nitrogen and oxygen atoms in total. The zero-order valence-corrected chi connectivity index (χ0v) is 54.8. The number of aliphatic hydroxyl groups excluding tert-OH is 2. The van der Waals surface area contributed by atoms with Crippen LogP contribution in [0, 0.1) is 22.7 Å². The Morgan fingerprint density at radius 1 is 0.615 bits per heavy atom. The molecule has 2 aromatic rings. The third-order valence-corrected chi connectivity index (χ3v) is 18.1. The number of nitrogens with one attached hydrogen (secondary N) is 2. The topological polar surface area (TPSA) is 309 Å². The largest absolute Gasteiger partial charge is 0.457 e. The Bertz CT molecular complexity index is 2890. The molecule has 1 saturated heterocycles. The summed E-state index contributed by atoms with van der Waals surface area (Å²) >= 11 is 0. The number of halogens is 2. The summed E-state index contributed by atoms with van der Waals surface area (Å²) in [5.41, 5.74) is -5.83. The van der Waals surface area contributed by atoms with E-state index in [1.807, 2.05) is 0 Å². The van der Waals surface area contributed by atoms with Gasteiger partial charge in [-0.15, -0.1) is 0 Å². The molecule has 4 N–H and O–H groups in total. The van der Waals surface area contributed by atoms with Crippen molar-refractivity contribution >= 4 is 40.9 Å². The third kappa shape index (κ3) is 20.2. The predicted octanol–water partition coefficient (Wildman–Crippen LogP) is 4.43. The minimum absolute atomic E-state index is 0.00365. The second-order valence-corrected chi connectivity index (χ2v) is 24.2. The molecule has 0 radical (unpaired) electrons. The number of hydrogen-bond acceptors (Lipinski definition) is 23. The number of imide groups is 1. The first-order chi connectivity index (χ1) is 46.5. The monoisotopic (exact) mass is 1360 g/mol. The normalized spacial score (nSPS) is 26.4. The molecule has 10 atom stereocenters. The van der Waals surface area contributed by atoms with Crippen LogP contribution in [0.25, 0.3) is 0 Å². The van der Waals surface area contributed by atoms with E-state index in [-0.39, 0.29) is 69.4 Å². The number of ether oxygens (including phenoxy) is 15. The molecule has 3 saturated carbocycles. The van der Waals surface area contributed by atoms with Crippen molar-refractivity contribution in [1.82, 2.24) is 10.2 Å². The lowest BCUT2D eigenvalue weighted by Gasteiger charge is -2.63. The molecule has 2 aliphatic heterocycles. The molecule has 8 rings (SSSR count). The number of hydrogen-bond donors (Lipinski definition) is 4. The molecule has 2 heterocycles. The number of allylic oxidation sites excluding steroid dienone is 4. The van der Waals surface area contributed by atoms with Crippen molar-refractivity contribution in [2.45, 2.75) is 88.3 Å². The van der Waals surface area contributed by atoms with E-state index < -0.39 is 88.6 Å². The number of ketones is 2. The number of fused-ring (bicyclic) bond motifs is 7. The third-order valence-electron chi connectivity index (χ3n) is 18.1. The number of carbonyl (C=O) groups excluding carboxylic acids is 6. The van der Waals surface area contributed by atoms with E-state index in [1.54, 1.807) is 55.5 Å². The van der Waals surface area contributed by atoms with Crippen molar-refractivity contribution in [2.24, 2.45) is 22.7 Å². The van der Waals surface area contributed by atoms with Gasteiger partial charge < -0.3 is 91.9 Å². The van der Waals surface area contributed by atoms with Gasteiger partial charge in [-0.05, 0) is 92.6 Å². The van der Waals surface area contributed by atoms with Gasteiger partial charge in [0.15, 0.2) is 29.1 Å². The van der Waals surface area contributed by atoms with Crippen LogP contribution in [0.4, 0.5) is 14.5 Å². The van der Waals surface area contributed by atoms with Crippen LogP contribution in [0.15, 0.2) is 84.5 Å². The van der Waals surface area contributed by atoms with Gasteiger partial charge in [0.1, 0.15) is 31.1 Å². The van der Waals surface area contributed by atoms with Gasteiger partial charge in [-0.3, -0.25) is 33.7 Å². The summed E-state index contributed by atoms with van der Waals surface area (Å²) in [6, 6.07) is 13.7. The van der Waals surface area contributed by atoms with E-state index in [4.69, 9.17) is 71.1 Å². The minimum Gasteiger partial charge on any atom is -0.457 e. The van der Waals surface area contributed by atoms with Crippen LogP contribution in [0.3, 0.4) is 0 Å². The molecule has 0 spiro atoms. The van der Waals surface area contributed by atoms with Crippen LogP contribution in [-0.4, -0.2) is 252 Å². The Hall–Kier alpha value is -5.90. The van der Waals surface area contributed by atoms with Crippen LogP contribution in [-0.2, 0) is 95.1 Å². The fourth-order valence-corrected chi connectivity index (χ4v) is 13.3. The van der Waals surface area contributed by atoms with Gasteiger partial charge in [0.25, 0.3) is 11.8 Å². The Morgan fingerprint density at radius 2 is 1.11 bits per heavy atom. The molecular weight excluding hydrogens is 1260 g/mol. The summed E-state index contributed by atoms with van der Waals surface area (Å²) in [5.74, 6) is -3.17. The number of nitrogens with zero attached hydrogens (tertiary/aromatic N) is 1. The van der Waals surface area contributed by atoms with Gasteiger partial charge in [0, 0.05) is 72.9 Å². The summed E-state index contributed by atoms with van der Waals surface area (Å²) in [4.78, 5) is 74.7. The maximum atomic E-state index is 17.8. The summed E-state index contributed by atoms with van der Waals surface area (Å²) in [6.45, 7) is 11.7. The number of benzene rings is 2. The second-order valence-electron chi connectivity index (χ2n) is 24.2. The first-order valence-corrected chi connectivity index (χ1v) is 32.9. The number of anilines is 1. The number of carbonyl (C=O) groups is 6. The highest BCUT2D eigenvalue weighted by molar-refractivity contribution is 6.13. The predicted molar refractivity (Wildman–Crippen MR) is 337 cm³/mol. The van der Waals surface area contributed by atoms with Crippen LogP contribution in [0.2, 0.25) is 0 Å². The quantitative estimate of drug-likeness (QED) is 0.0405. The van der Waals surface area contributed by atoms with Crippen molar-refractivity contribution in [1.29, 1.82) is 0 Å². The zero-order chi connectivity index (χ0) is 68.2. The smallest absolute Gasteiger partial charge is 0.253 e. The van der Waals surface area contributed by atoms with E-state index in [9.17, 15) is 39.0 Å². The van der Waals surface area contributed by atoms with E-state index in [2.05, 4.69) is 10.6 Å². The molecule has 0 aromatic heterocycles. The molecule has 6 aliphatic rings. The molecule has 2 aromatic carbocycles. The Labute approximate surface area is 557 Å². The van der Waals surface area contributed by atoms with Gasteiger partial charge in [0.2, 0.25) is 11.8 Å². The van der Waals surface area contributed by atoms with Crippen LogP contribution in [0.1, 0.15) is 64.2 Å². The summed E-state index contributed by atoms with van der Waals surface area (Å²) < 4.78 is 119. The standard InChI is InChI=1S/C68H93F2N3O23/c1-65-17-14-50(75)42-55(65)56(69)43-54-53-44-59-68(58(77)46-74,66(53,2)45-57(76)67(54,65)70)96-64(95-59)48-4-8-51(9-5-48)94-52-10-6-49(7-11-52)72-61(79)16-22-84-26-30-86-28-24-82-20-3-21-83-25-29-90-38-40-92-47-93-41-39-91-37-36-89-35-34-88-33-32-87-31-27-85-23-18-71-60(78)15-19-73-62(80)12-13-63(73)81/h4-14,17,42,53-54,56-57,59,64,74,76H,3,15-16,18-41,43-47H2,1-2H3,(H,71,78)(H,72,79)/t53-,54-,56-,57-,59+,64+,65-,66-,67-,68+/m0/s1. The molecular formula is C68H93F2N3O23. The number of aliphatic hydroxyl groups is 2. The zero-order valence-electron chi connectivity index (χ0n) is 54.8. The number of Topliss-reactive ketones (excluding diaryl/α,β-unsaturated/α-hetero) is 1. The fourth-order valence-electron chi connectivity index (χ4n) is 13.3. The minimum atomic E-state index is -2.35. The highest BCUT2D eigenvalue weighted by Crippen LogP contribution is 2.72. The lowest BCUT2D eigenvalue weighted by Crippen LogP contribution is -2.70. The number of rotatable bonds is 48. The lowest BCUT2D eigenvalue weighted by atomic mass is 9.44. The van der Waals surface area contributed by atoms with Crippen LogP contribution < -0.4 is 15.4 Å². The van der Waals surface area contributed by atoms with Gasteiger partial charge in [-0.25, -0.2) is 8.78 Å². The summed E-state index contributed by atoms with van der Waals surface area (Å²) in [5, 5.41) is 27.7. The molecule has 28 heteroatoms. The molecule has 0 unspecified atom stereocenters. The average Bonchev–Trinajstić information content (AvgIpc) is 1.38.